The number of hydrogen-bond acceptors (Lipinski definition) is 5. The van der Waals surface area contributed by atoms with Crippen LogP contribution >= 0.6 is 11.8 Å². The van der Waals surface area contributed by atoms with E-state index in [4.69, 9.17) is 9.47 Å². The van der Waals surface area contributed by atoms with Gasteiger partial charge in [0.1, 0.15) is 18.1 Å². The summed E-state index contributed by atoms with van der Waals surface area (Å²) in [6, 6.07) is 16.4. The molecule has 0 aliphatic carbocycles. The molecule has 0 aromatic heterocycles. The number of ether oxygens (including phenoxy) is 2. The van der Waals surface area contributed by atoms with Crippen LogP contribution in [0, 0.1) is 0 Å². The zero-order valence-corrected chi connectivity index (χ0v) is 13.8. The predicted octanol–water partition coefficient (Wildman–Crippen LogP) is 3.64. The normalized spacial score (nSPS) is 11.7. The summed E-state index contributed by atoms with van der Waals surface area (Å²) in [5.41, 5.74) is 1.26. The first kappa shape index (κ1) is 17.2. The molecule has 0 aliphatic rings. The lowest BCUT2D eigenvalue weighted by Crippen LogP contribution is -2.26. The second kappa shape index (κ2) is 9.10. The number of aromatic hydroxyl groups is 1. The van der Waals surface area contributed by atoms with Crippen LogP contribution in [0.4, 0.5) is 0 Å². The number of benzene rings is 2. The first-order valence-electron chi connectivity index (χ1n) is 7.39. The van der Waals surface area contributed by atoms with Gasteiger partial charge in [-0.3, -0.25) is 0 Å². The summed E-state index contributed by atoms with van der Waals surface area (Å²) in [6.07, 6.45) is -0.682. The van der Waals surface area contributed by atoms with Gasteiger partial charge in [0, 0.05) is 11.5 Å². The maximum Gasteiger partial charge on any atom is 0.347 e. The predicted molar refractivity (Wildman–Crippen MR) is 91.8 cm³/mol. The van der Waals surface area contributed by atoms with Crippen LogP contribution in [-0.4, -0.2) is 29.5 Å². The van der Waals surface area contributed by atoms with Gasteiger partial charge in [-0.15, -0.1) is 0 Å². The Morgan fingerprint density at radius 2 is 1.83 bits per heavy atom. The van der Waals surface area contributed by atoms with Gasteiger partial charge in [0.2, 0.25) is 0 Å². The van der Waals surface area contributed by atoms with Crippen molar-refractivity contribution >= 4 is 17.7 Å². The van der Waals surface area contributed by atoms with Crippen molar-refractivity contribution in [2.75, 3.05) is 12.4 Å². The molecule has 1 unspecified atom stereocenters. The first-order chi connectivity index (χ1) is 11.1. The number of carbonyl (C=O) groups is 1. The van der Waals surface area contributed by atoms with E-state index in [0.29, 0.717) is 12.4 Å². The van der Waals surface area contributed by atoms with Crippen LogP contribution in [0.2, 0.25) is 0 Å². The van der Waals surface area contributed by atoms with Crippen molar-refractivity contribution in [3.05, 3.63) is 60.2 Å². The quantitative estimate of drug-likeness (QED) is 0.591. The molecule has 5 heteroatoms. The highest BCUT2D eigenvalue weighted by molar-refractivity contribution is 7.98. The summed E-state index contributed by atoms with van der Waals surface area (Å²) in [5.74, 6) is 1.93. The number of phenols is 1. The highest BCUT2D eigenvalue weighted by atomic mass is 32.2. The third kappa shape index (κ3) is 6.24. The highest BCUT2D eigenvalue weighted by Gasteiger charge is 2.16. The molecule has 0 aliphatic heterocycles. The van der Waals surface area contributed by atoms with E-state index < -0.39 is 12.1 Å². The van der Waals surface area contributed by atoms with E-state index in [2.05, 4.69) is 12.1 Å². The van der Waals surface area contributed by atoms with Crippen LogP contribution in [0.1, 0.15) is 12.5 Å². The summed E-state index contributed by atoms with van der Waals surface area (Å²) < 4.78 is 10.7. The van der Waals surface area contributed by atoms with Crippen LogP contribution in [-0.2, 0) is 15.3 Å². The Bertz CT molecular complexity index is 598. The van der Waals surface area contributed by atoms with E-state index >= 15 is 0 Å². The summed E-state index contributed by atoms with van der Waals surface area (Å²) in [6.45, 7) is 2.01. The molecule has 1 N–H and O–H groups in total. The van der Waals surface area contributed by atoms with Crippen LogP contribution in [0.3, 0.4) is 0 Å². The second-order valence-corrected chi connectivity index (χ2v) is 6.06. The van der Waals surface area contributed by atoms with Gasteiger partial charge in [-0.1, -0.05) is 30.3 Å². The number of carbonyl (C=O) groups excluding carboxylic acids is 1. The van der Waals surface area contributed by atoms with E-state index in [1.165, 1.54) is 17.7 Å². The average Bonchev–Trinajstić information content (AvgIpc) is 2.57. The molecule has 0 saturated carbocycles. The zero-order valence-electron chi connectivity index (χ0n) is 13.0. The lowest BCUT2D eigenvalue weighted by atomic mass is 10.2. The summed E-state index contributed by atoms with van der Waals surface area (Å²) in [5, 5.41) is 9.20. The maximum absolute atomic E-state index is 11.8. The Morgan fingerprint density at radius 3 is 2.52 bits per heavy atom. The lowest BCUT2D eigenvalue weighted by molar-refractivity contribution is -0.150. The minimum absolute atomic E-state index is 0.156. The van der Waals surface area contributed by atoms with Crippen LogP contribution in [0.15, 0.2) is 54.6 Å². The van der Waals surface area contributed by atoms with Crippen molar-refractivity contribution in [3.8, 4) is 11.5 Å². The number of thioether (sulfide) groups is 1. The molecule has 0 heterocycles. The molecule has 122 valence electrons. The van der Waals surface area contributed by atoms with Crippen molar-refractivity contribution in [1.29, 1.82) is 0 Å². The van der Waals surface area contributed by atoms with Crippen LogP contribution in [0.5, 0.6) is 11.5 Å². The third-order valence-corrected chi connectivity index (χ3v) is 4.06. The second-order valence-electron chi connectivity index (χ2n) is 4.96. The monoisotopic (exact) mass is 332 g/mol. The minimum Gasteiger partial charge on any atom is -0.508 e. The molecule has 0 radical (unpaired) electrons. The third-order valence-electron chi connectivity index (χ3n) is 3.07. The molecule has 0 amide bonds. The van der Waals surface area contributed by atoms with Gasteiger partial charge < -0.3 is 14.6 Å². The number of esters is 1. The fraction of sp³-hybridized carbons (Fsp3) is 0.278. The fourth-order valence-corrected chi connectivity index (χ4v) is 2.63. The van der Waals surface area contributed by atoms with Gasteiger partial charge >= 0.3 is 5.97 Å². The van der Waals surface area contributed by atoms with Gasteiger partial charge in [-0.25, -0.2) is 4.79 Å². The van der Waals surface area contributed by atoms with Gasteiger partial charge in [0.05, 0.1) is 0 Å². The van der Waals surface area contributed by atoms with Crippen LogP contribution < -0.4 is 4.74 Å². The maximum atomic E-state index is 11.8. The molecule has 0 bridgehead atoms. The Labute approximate surface area is 140 Å². The molecule has 2 aromatic rings. The van der Waals surface area contributed by atoms with E-state index in [1.54, 1.807) is 30.8 Å². The van der Waals surface area contributed by atoms with Gasteiger partial charge in [0.15, 0.2) is 6.10 Å². The molecule has 23 heavy (non-hydrogen) atoms. The SMILES string of the molecule is CC(Oc1ccc(O)cc1)C(=O)OCCSCc1ccccc1. The van der Waals surface area contributed by atoms with Crippen molar-refractivity contribution in [2.45, 2.75) is 18.8 Å². The summed E-state index contributed by atoms with van der Waals surface area (Å²) >= 11 is 1.72. The Morgan fingerprint density at radius 1 is 1.13 bits per heavy atom. The Hall–Kier alpha value is -2.14. The van der Waals surface area contributed by atoms with Gasteiger partial charge in [-0.2, -0.15) is 11.8 Å². The smallest absolute Gasteiger partial charge is 0.347 e. The van der Waals surface area contributed by atoms with E-state index in [-0.39, 0.29) is 5.75 Å². The summed E-state index contributed by atoms with van der Waals surface area (Å²) in [4.78, 5) is 11.8. The molecule has 0 saturated heterocycles. The molecule has 2 rings (SSSR count). The van der Waals surface area contributed by atoms with E-state index in [0.717, 1.165) is 11.5 Å². The Kier molecular flexibility index (Phi) is 6.81. The van der Waals surface area contributed by atoms with E-state index in [9.17, 15) is 9.90 Å². The number of hydrogen-bond donors (Lipinski definition) is 1. The van der Waals surface area contributed by atoms with Crippen LogP contribution in [0.25, 0.3) is 0 Å². The van der Waals surface area contributed by atoms with Gasteiger partial charge in [0.25, 0.3) is 0 Å². The molecule has 1 atom stereocenters. The van der Waals surface area contributed by atoms with Crippen molar-refractivity contribution in [2.24, 2.45) is 0 Å². The fourth-order valence-electron chi connectivity index (χ4n) is 1.86. The largest absolute Gasteiger partial charge is 0.508 e. The van der Waals surface area contributed by atoms with Gasteiger partial charge in [-0.05, 0) is 36.8 Å². The molecule has 0 spiro atoms. The standard InChI is InChI=1S/C18H20O4S/c1-14(22-17-9-7-16(19)8-10-17)18(20)21-11-12-23-13-15-5-3-2-4-6-15/h2-10,14,19H,11-13H2,1H3. The summed E-state index contributed by atoms with van der Waals surface area (Å²) in [7, 11) is 0. The van der Waals surface area contributed by atoms with Crippen molar-refractivity contribution in [1.82, 2.24) is 0 Å². The van der Waals surface area contributed by atoms with Crippen molar-refractivity contribution < 1.29 is 19.4 Å². The zero-order chi connectivity index (χ0) is 16.5. The molecular formula is C18H20O4S. The highest BCUT2D eigenvalue weighted by Crippen LogP contribution is 2.17. The molecule has 2 aromatic carbocycles. The molecular weight excluding hydrogens is 312 g/mol. The van der Waals surface area contributed by atoms with Crippen molar-refractivity contribution in [3.63, 3.8) is 0 Å². The Balaban J connectivity index is 1.63. The minimum atomic E-state index is -0.682. The molecule has 4 nitrogen and oxygen atoms in total. The average molecular weight is 332 g/mol. The van der Waals surface area contributed by atoms with E-state index in [1.807, 2.05) is 18.2 Å². The molecule has 0 fully saturated rings. The first-order valence-corrected chi connectivity index (χ1v) is 8.54. The number of rotatable bonds is 8. The number of phenolic OH excluding ortho intramolecular Hbond substituents is 1. The topological polar surface area (TPSA) is 55.8 Å². The lowest BCUT2D eigenvalue weighted by Gasteiger charge is -2.14.